The molecule has 0 radical (unpaired) electrons. The number of hydrogen-bond donors (Lipinski definition) is 2. The van der Waals surface area contributed by atoms with E-state index in [0.717, 1.165) is 29.3 Å². The average Bonchev–Trinajstić information content (AvgIpc) is 3.94. The molecule has 1 aromatic heterocycles. The van der Waals surface area contributed by atoms with Crippen molar-refractivity contribution in [2.45, 2.75) is 144 Å². The number of thiazole rings is 1. The third-order valence-electron chi connectivity index (χ3n) is 10.8. The summed E-state index contributed by atoms with van der Waals surface area (Å²) in [5.74, 6) is -0.253. The number of likely N-dealkylation sites (tertiary alicyclic amines) is 1. The molecule has 0 aliphatic carbocycles. The highest BCUT2D eigenvalue weighted by Gasteiger charge is 2.42. The van der Waals surface area contributed by atoms with Crippen LogP contribution in [0.4, 0.5) is 0 Å². The third kappa shape index (κ3) is 18.3. The number of carbonyl (C=O) groups is 4. The van der Waals surface area contributed by atoms with E-state index in [-0.39, 0.29) is 54.7 Å². The minimum Gasteiger partial charge on any atom is -0.379 e. The van der Waals surface area contributed by atoms with E-state index < -0.39 is 18.1 Å². The van der Waals surface area contributed by atoms with Gasteiger partial charge in [0.25, 0.3) is 0 Å². The maximum atomic E-state index is 13.9. The lowest BCUT2D eigenvalue weighted by Gasteiger charge is -2.39. The number of ether oxygens (including phenoxy) is 2. The van der Waals surface area contributed by atoms with E-state index in [0.29, 0.717) is 31.8 Å². The van der Waals surface area contributed by atoms with E-state index in [1.165, 1.54) is 17.8 Å². The Kier molecular flexibility index (Phi) is 28.8. The molecule has 0 saturated carbocycles. The number of hydrogen-bond acceptors (Lipinski definition) is 9. The lowest BCUT2D eigenvalue weighted by atomic mass is 9.90. The van der Waals surface area contributed by atoms with Gasteiger partial charge in [-0.2, -0.15) is 0 Å². The van der Waals surface area contributed by atoms with Gasteiger partial charge in [-0.25, -0.2) is 4.98 Å². The first-order valence-corrected chi connectivity index (χ1v) is 22.2. The summed E-state index contributed by atoms with van der Waals surface area (Å²) in [5.41, 5.74) is 1.09. The Bertz CT molecular complexity index is 1370. The van der Waals surface area contributed by atoms with Crippen LogP contribution in [0, 0.1) is 17.8 Å². The van der Waals surface area contributed by atoms with Crippen LogP contribution in [0.25, 0.3) is 0 Å². The molecule has 0 bridgehead atoms. The summed E-state index contributed by atoms with van der Waals surface area (Å²) >= 11 is 1.50. The molecular formula is C45H80N6O6S. The number of nitrogens with zero attached hydrogens (tertiary/aromatic N) is 4. The van der Waals surface area contributed by atoms with E-state index in [1.807, 2.05) is 75.2 Å². The zero-order chi connectivity index (χ0) is 44.4. The summed E-state index contributed by atoms with van der Waals surface area (Å²) < 4.78 is 11.8. The van der Waals surface area contributed by atoms with Crippen molar-refractivity contribution in [2.24, 2.45) is 17.8 Å². The first kappa shape index (κ1) is 54.6. The molecular weight excluding hydrogens is 753 g/mol. The Labute approximate surface area is 356 Å². The van der Waals surface area contributed by atoms with E-state index in [1.54, 1.807) is 32.4 Å². The van der Waals surface area contributed by atoms with Gasteiger partial charge >= 0.3 is 0 Å². The van der Waals surface area contributed by atoms with E-state index >= 15 is 0 Å². The molecule has 1 aliphatic rings. The monoisotopic (exact) mass is 833 g/mol. The second-order valence-corrected chi connectivity index (χ2v) is 16.3. The highest BCUT2D eigenvalue weighted by Crippen LogP contribution is 2.30. The van der Waals surface area contributed by atoms with Crippen LogP contribution in [-0.2, 0) is 35.1 Å². The molecule has 1 saturated heterocycles. The van der Waals surface area contributed by atoms with Crippen LogP contribution < -0.4 is 10.6 Å². The Hall–Kier alpha value is -3.39. The molecule has 332 valence electrons. The topological polar surface area (TPSA) is 133 Å². The standard InChI is InChI=1S/C33H49N5O6S.C7H17N.C3H8.C2H6/c1-7-22(2)30(37(4)29(41)20-34-21-39)27(43-5)19-28(40)38-16-11-14-26(38)31(44-6)23(3)32(42)36-25(33-35-15-17-45-33)18-24-12-9-8-10-13-24;1-6(2)7(3)8(4)5;1-3-2;1-2/h8-10,12-13,15,17,21-23,25-27,30-31H,7,11,14,16,18-20H2,1-6H3,(H,34,39)(H,36,42);6-7H,1-5H3;3H2,1-2H3;1-2H3. The van der Waals surface area contributed by atoms with Gasteiger partial charge in [-0.1, -0.05) is 105 Å². The second-order valence-electron chi connectivity index (χ2n) is 15.4. The smallest absolute Gasteiger partial charge is 0.242 e. The van der Waals surface area contributed by atoms with E-state index in [2.05, 4.69) is 69.2 Å². The molecule has 58 heavy (non-hydrogen) atoms. The van der Waals surface area contributed by atoms with Crippen LogP contribution in [0.15, 0.2) is 41.9 Å². The average molecular weight is 833 g/mol. The molecule has 12 nitrogen and oxygen atoms in total. The molecule has 8 atom stereocenters. The van der Waals surface area contributed by atoms with Gasteiger partial charge in [0.15, 0.2) is 0 Å². The molecule has 1 aliphatic heterocycles. The van der Waals surface area contributed by atoms with Gasteiger partial charge < -0.3 is 34.8 Å². The highest BCUT2D eigenvalue weighted by molar-refractivity contribution is 7.09. The SMILES string of the molecule is CC.CC(C)C(C)N(C)C.CCC.CCC(C)C(C(CC(=O)N1CCCC1C(OC)C(C)C(=O)NC(Cc1ccccc1)c1nccs1)OC)N(C)C(=O)CNC=O. The molecule has 8 unspecified atom stereocenters. The maximum absolute atomic E-state index is 13.9. The summed E-state index contributed by atoms with van der Waals surface area (Å²) in [4.78, 5) is 61.2. The Balaban J connectivity index is 0.00000217. The van der Waals surface area contributed by atoms with Crippen LogP contribution in [0.1, 0.15) is 118 Å². The van der Waals surface area contributed by atoms with Crippen molar-refractivity contribution >= 4 is 35.5 Å². The first-order chi connectivity index (χ1) is 27.6. The van der Waals surface area contributed by atoms with Gasteiger partial charge in [-0.3, -0.25) is 19.2 Å². The van der Waals surface area contributed by atoms with E-state index in [9.17, 15) is 19.2 Å². The molecule has 2 N–H and O–H groups in total. The molecule has 2 heterocycles. The fourth-order valence-electron chi connectivity index (χ4n) is 6.94. The fraction of sp³-hybridized carbons (Fsp3) is 0.711. The van der Waals surface area contributed by atoms with Gasteiger partial charge in [0, 0.05) is 45.4 Å². The number of aromatic nitrogens is 1. The van der Waals surface area contributed by atoms with Crippen LogP contribution in [-0.4, -0.2) is 123 Å². The number of carbonyl (C=O) groups excluding carboxylic acids is 4. The van der Waals surface area contributed by atoms with Gasteiger partial charge in [-0.05, 0) is 57.7 Å². The molecule has 4 amide bonds. The molecule has 13 heteroatoms. The molecule has 3 rings (SSSR count). The van der Waals surface area contributed by atoms with E-state index in [4.69, 9.17) is 9.47 Å². The number of likely N-dealkylation sites (N-methyl/N-ethyl adjacent to an activating group) is 1. The van der Waals surface area contributed by atoms with Crippen LogP contribution in [0.3, 0.4) is 0 Å². The van der Waals surface area contributed by atoms with Gasteiger partial charge in [0.2, 0.25) is 24.1 Å². The van der Waals surface area contributed by atoms with Crippen LogP contribution in [0.5, 0.6) is 0 Å². The first-order valence-electron chi connectivity index (χ1n) is 21.3. The van der Waals surface area contributed by atoms with Crippen molar-refractivity contribution in [1.29, 1.82) is 0 Å². The minimum absolute atomic E-state index is 0.0411. The Morgan fingerprint density at radius 3 is 2.09 bits per heavy atom. The van der Waals surface area contributed by atoms with Gasteiger partial charge in [0.1, 0.15) is 5.01 Å². The molecule has 0 spiro atoms. The largest absolute Gasteiger partial charge is 0.379 e. The predicted molar refractivity (Wildman–Crippen MR) is 239 cm³/mol. The third-order valence-corrected chi connectivity index (χ3v) is 11.7. The minimum atomic E-state index is -0.558. The number of amides is 4. The quantitative estimate of drug-likeness (QED) is 0.134. The summed E-state index contributed by atoms with van der Waals surface area (Å²) in [7, 11) is 9.05. The zero-order valence-electron chi connectivity index (χ0n) is 38.6. The van der Waals surface area contributed by atoms with Crippen molar-refractivity contribution in [3.05, 3.63) is 52.5 Å². The lowest BCUT2D eigenvalue weighted by Crippen LogP contribution is -2.54. The number of methoxy groups -OCH3 is 2. The van der Waals surface area contributed by atoms with Crippen molar-refractivity contribution in [1.82, 2.24) is 30.3 Å². The molecule has 2 aromatic rings. The molecule has 1 fully saturated rings. The molecule has 1 aromatic carbocycles. The van der Waals surface area contributed by atoms with Crippen LogP contribution in [0.2, 0.25) is 0 Å². The van der Waals surface area contributed by atoms with Crippen molar-refractivity contribution < 1.29 is 28.7 Å². The van der Waals surface area contributed by atoms with Crippen molar-refractivity contribution in [3.63, 3.8) is 0 Å². The highest BCUT2D eigenvalue weighted by atomic mass is 32.1. The normalized spacial score (nSPS) is 17.1. The number of benzene rings is 1. The number of rotatable bonds is 20. The van der Waals surface area contributed by atoms with Gasteiger partial charge in [0.05, 0.1) is 49.2 Å². The summed E-state index contributed by atoms with van der Waals surface area (Å²) in [5, 5.41) is 8.36. The zero-order valence-corrected chi connectivity index (χ0v) is 39.4. The predicted octanol–water partition coefficient (Wildman–Crippen LogP) is 7.24. The van der Waals surface area contributed by atoms with Crippen molar-refractivity contribution in [2.75, 3.05) is 48.5 Å². The Morgan fingerprint density at radius 1 is 1.00 bits per heavy atom. The number of nitrogens with one attached hydrogen (secondary N) is 2. The fourth-order valence-corrected chi connectivity index (χ4v) is 7.62. The van der Waals surface area contributed by atoms with Crippen LogP contribution >= 0.6 is 11.3 Å². The Morgan fingerprint density at radius 2 is 1.62 bits per heavy atom. The van der Waals surface area contributed by atoms with Crippen molar-refractivity contribution in [3.8, 4) is 0 Å². The van der Waals surface area contributed by atoms with Gasteiger partial charge in [-0.15, -0.1) is 11.3 Å². The maximum Gasteiger partial charge on any atom is 0.242 e. The second kappa shape index (κ2) is 30.6. The summed E-state index contributed by atoms with van der Waals surface area (Å²) in [6.07, 6.45) is 5.36. The summed E-state index contributed by atoms with van der Waals surface area (Å²) in [6.45, 7) is 21.3. The summed E-state index contributed by atoms with van der Waals surface area (Å²) in [6, 6.07) is 9.74. The lowest BCUT2D eigenvalue weighted by molar-refractivity contribution is -0.145.